The number of carbonyl (C=O) groups excluding carboxylic acids is 2. The Bertz CT molecular complexity index is 1180. The molecular weight excluding hydrogens is 363 g/mol. The van der Waals surface area contributed by atoms with E-state index in [4.69, 9.17) is 0 Å². The summed E-state index contributed by atoms with van der Waals surface area (Å²) in [7, 11) is 0. The molecule has 1 N–H and O–H groups in total. The summed E-state index contributed by atoms with van der Waals surface area (Å²) in [5.74, 6) is -1.27. The third-order valence-corrected chi connectivity index (χ3v) is 3.87. The second-order valence-electron chi connectivity index (χ2n) is 5.72. The highest BCUT2D eigenvalue weighted by Crippen LogP contribution is 2.21. The van der Waals surface area contributed by atoms with Gasteiger partial charge >= 0.3 is 0 Å². The number of hydrogen-bond donors (Lipinski definition) is 1. The van der Waals surface area contributed by atoms with Crippen LogP contribution in [0.25, 0.3) is 11.0 Å². The fraction of sp³-hybridized carbons (Fsp3) is 0. The number of hydrogen-bond acceptors (Lipinski definition) is 7. The number of rotatable bonds is 4. The summed E-state index contributed by atoms with van der Waals surface area (Å²) < 4.78 is 13.0. The van der Waals surface area contributed by atoms with Crippen molar-refractivity contribution in [1.29, 1.82) is 0 Å². The van der Waals surface area contributed by atoms with E-state index in [2.05, 4.69) is 30.2 Å². The zero-order valence-corrected chi connectivity index (χ0v) is 14.2. The first-order valence-corrected chi connectivity index (χ1v) is 8.09. The second kappa shape index (κ2) is 7.23. The molecule has 4 aromatic rings. The van der Waals surface area contributed by atoms with Gasteiger partial charge in [0.25, 0.3) is 5.91 Å². The Morgan fingerprint density at radius 2 is 1.68 bits per heavy atom. The summed E-state index contributed by atoms with van der Waals surface area (Å²) in [6.07, 6.45) is 7.99. The monoisotopic (exact) mass is 374 g/mol. The first-order chi connectivity index (χ1) is 13.6. The summed E-state index contributed by atoms with van der Waals surface area (Å²) in [5, 5.41) is 2.56. The minimum Gasteiger partial charge on any atom is -0.306 e. The van der Waals surface area contributed by atoms with Crippen LogP contribution in [0.1, 0.15) is 26.3 Å². The van der Waals surface area contributed by atoms with Crippen LogP contribution >= 0.6 is 0 Å². The van der Waals surface area contributed by atoms with Gasteiger partial charge < -0.3 is 5.32 Å². The number of nitrogens with one attached hydrogen (secondary N) is 1. The topological polar surface area (TPSA) is 111 Å². The van der Waals surface area contributed by atoms with Gasteiger partial charge in [-0.2, -0.15) is 0 Å². The number of nitrogens with zero attached hydrogens (tertiary/aromatic N) is 5. The number of aromatic nitrogens is 5. The first-order valence-electron chi connectivity index (χ1n) is 8.09. The van der Waals surface area contributed by atoms with Crippen LogP contribution < -0.4 is 5.32 Å². The number of amides is 1. The quantitative estimate of drug-likeness (QED) is 0.546. The predicted molar refractivity (Wildman–Crippen MR) is 97.2 cm³/mol. The Hall–Kier alpha value is -4.14. The van der Waals surface area contributed by atoms with E-state index in [-0.39, 0.29) is 28.3 Å². The molecule has 1 amide bonds. The van der Waals surface area contributed by atoms with Crippen molar-refractivity contribution in [2.45, 2.75) is 0 Å². The fourth-order valence-corrected chi connectivity index (χ4v) is 2.60. The third kappa shape index (κ3) is 3.40. The molecule has 136 valence electrons. The SMILES string of the molecule is O=C(c1cncnc1)c1cc(C(=O)Nc2ccc(F)cn2)c2nccnc2c1. The summed E-state index contributed by atoms with van der Waals surface area (Å²) in [5.41, 5.74) is 1.35. The van der Waals surface area contributed by atoms with Crippen molar-refractivity contribution in [3.63, 3.8) is 0 Å². The summed E-state index contributed by atoms with van der Waals surface area (Å²) >= 11 is 0. The second-order valence-corrected chi connectivity index (χ2v) is 5.72. The Morgan fingerprint density at radius 3 is 2.43 bits per heavy atom. The number of carbonyl (C=O) groups is 2. The molecule has 8 nitrogen and oxygen atoms in total. The van der Waals surface area contributed by atoms with Crippen molar-refractivity contribution in [2.75, 3.05) is 5.32 Å². The maximum atomic E-state index is 13.0. The van der Waals surface area contributed by atoms with E-state index in [0.29, 0.717) is 11.0 Å². The minimum atomic E-state index is -0.552. The van der Waals surface area contributed by atoms with Crippen LogP contribution in [0, 0.1) is 5.82 Å². The van der Waals surface area contributed by atoms with Crippen LogP contribution in [-0.2, 0) is 0 Å². The molecule has 0 aliphatic carbocycles. The zero-order chi connectivity index (χ0) is 19.5. The van der Waals surface area contributed by atoms with Gasteiger partial charge in [0.2, 0.25) is 0 Å². The van der Waals surface area contributed by atoms with Crippen LogP contribution in [0.2, 0.25) is 0 Å². The molecule has 0 saturated carbocycles. The lowest BCUT2D eigenvalue weighted by molar-refractivity contribution is 0.102. The maximum Gasteiger partial charge on any atom is 0.259 e. The van der Waals surface area contributed by atoms with Gasteiger partial charge in [-0.05, 0) is 24.3 Å². The average Bonchev–Trinajstić information content (AvgIpc) is 2.74. The summed E-state index contributed by atoms with van der Waals surface area (Å²) in [6.45, 7) is 0. The van der Waals surface area contributed by atoms with Gasteiger partial charge in [-0.15, -0.1) is 0 Å². The molecule has 0 spiro atoms. The number of benzene rings is 1. The van der Waals surface area contributed by atoms with Gasteiger partial charge in [0, 0.05) is 30.4 Å². The highest BCUT2D eigenvalue weighted by atomic mass is 19.1. The van der Waals surface area contributed by atoms with Crippen molar-refractivity contribution in [1.82, 2.24) is 24.9 Å². The lowest BCUT2D eigenvalue weighted by atomic mass is 10.0. The molecule has 0 atom stereocenters. The predicted octanol–water partition coefficient (Wildman–Crippen LogP) is 2.44. The lowest BCUT2D eigenvalue weighted by Crippen LogP contribution is -2.15. The van der Waals surface area contributed by atoms with E-state index < -0.39 is 11.7 Å². The van der Waals surface area contributed by atoms with Gasteiger partial charge in [-0.3, -0.25) is 19.6 Å². The Balaban J connectivity index is 1.77. The highest BCUT2D eigenvalue weighted by molar-refractivity contribution is 6.16. The molecule has 3 aromatic heterocycles. The van der Waals surface area contributed by atoms with Crippen molar-refractivity contribution >= 4 is 28.5 Å². The molecule has 0 saturated heterocycles. The van der Waals surface area contributed by atoms with Crippen LogP contribution in [-0.4, -0.2) is 36.6 Å². The van der Waals surface area contributed by atoms with Gasteiger partial charge in [0.15, 0.2) is 5.78 Å². The standard InChI is InChI=1S/C19H11FN6O2/c20-13-1-2-16(25-9-13)26-19(28)14-5-11(6-15-17(14)24-4-3-23-15)18(27)12-7-21-10-22-8-12/h1-10H,(H,25,26,28). The Labute approximate surface area is 157 Å². The largest absolute Gasteiger partial charge is 0.306 e. The molecular formula is C19H11FN6O2. The Kier molecular flexibility index (Phi) is 4.47. The number of pyridine rings is 1. The molecule has 9 heteroatoms. The average molecular weight is 374 g/mol. The smallest absolute Gasteiger partial charge is 0.259 e. The van der Waals surface area contributed by atoms with Crippen LogP contribution in [0.5, 0.6) is 0 Å². The molecule has 0 fully saturated rings. The van der Waals surface area contributed by atoms with Gasteiger partial charge in [0.05, 0.1) is 22.8 Å². The molecule has 0 aliphatic heterocycles. The molecule has 0 bridgehead atoms. The van der Waals surface area contributed by atoms with Crippen LogP contribution in [0.4, 0.5) is 10.2 Å². The molecule has 3 heterocycles. The molecule has 4 rings (SSSR count). The lowest BCUT2D eigenvalue weighted by Gasteiger charge is -2.09. The maximum absolute atomic E-state index is 13.0. The van der Waals surface area contributed by atoms with Gasteiger partial charge in [0.1, 0.15) is 23.5 Å². The van der Waals surface area contributed by atoms with E-state index in [0.717, 1.165) is 6.20 Å². The van der Waals surface area contributed by atoms with Crippen molar-refractivity contribution in [3.8, 4) is 0 Å². The van der Waals surface area contributed by atoms with E-state index in [1.54, 1.807) is 6.07 Å². The zero-order valence-electron chi connectivity index (χ0n) is 14.2. The number of halogens is 1. The van der Waals surface area contributed by atoms with Crippen molar-refractivity contribution in [2.24, 2.45) is 0 Å². The highest BCUT2D eigenvalue weighted by Gasteiger charge is 2.18. The Morgan fingerprint density at radius 1 is 0.893 bits per heavy atom. The molecule has 0 aliphatic rings. The molecule has 0 radical (unpaired) electrons. The van der Waals surface area contributed by atoms with E-state index >= 15 is 0 Å². The normalized spacial score (nSPS) is 10.6. The van der Waals surface area contributed by atoms with Crippen molar-refractivity contribution in [3.05, 3.63) is 84.1 Å². The van der Waals surface area contributed by atoms with E-state index in [1.165, 1.54) is 49.3 Å². The van der Waals surface area contributed by atoms with Crippen molar-refractivity contribution < 1.29 is 14.0 Å². The van der Waals surface area contributed by atoms with Gasteiger partial charge in [-0.1, -0.05) is 0 Å². The molecule has 1 aromatic carbocycles. The van der Waals surface area contributed by atoms with Crippen LogP contribution in [0.15, 0.2) is 61.6 Å². The van der Waals surface area contributed by atoms with E-state index in [9.17, 15) is 14.0 Å². The third-order valence-electron chi connectivity index (χ3n) is 3.87. The molecule has 0 unspecified atom stereocenters. The van der Waals surface area contributed by atoms with Crippen LogP contribution in [0.3, 0.4) is 0 Å². The molecule has 28 heavy (non-hydrogen) atoms. The first kappa shape index (κ1) is 17.3. The number of anilines is 1. The minimum absolute atomic E-state index is 0.136. The number of ketones is 1. The van der Waals surface area contributed by atoms with E-state index in [1.807, 2.05) is 0 Å². The number of fused-ring (bicyclic) bond motifs is 1. The summed E-state index contributed by atoms with van der Waals surface area (Å²) in [6, 6.07) is 5.48. The fourth-order valence-electron chi connectivity index (χ4n) is 2.60. The van der Waals surface area contributed by atoms with Gasteiger partial charge in [-0.25, -0.2) is 19.3 Å². The summed E-state index contributed by atoms with van der Waals surface area (Å²) in [4.78, 5) is 45.4.